The molecule has 2 rings (SSSR count). The maximum atomic E-state index is 13.0. The fraction of sp³-hybridized carbons (Fsp3) is 0.652. The van der Waals surface area contributed by atoms with Crippen molar-refractivity contribution in [3.05, 3.63) is 34.9 Å². The van der Waals surface area contributed by atoms with Crippen LogP contribution in [0.2, 0.25) is 0 Å². The molecule has 0 aliphatic heterocycles. The normalized spacial score (nSPS) is 19.4. The summed E-state index contributed by atoms with van der Waals surface area (Å²) in [5.41, 5.74) is 2.58. The minimum Gasteiger partial charge on any atom is -0.465 e. The highest BCUT2D eigenvalue weighted by Crippen LogP contribution is 2.46. The number of nitrogens with zero attached hydrogens (tertiary/aromatic N) is 1. The molecule has 0 aromatic heterocycles. The molecule has 1 aliphatic carbocycles. The van der Waals surface area contributed by atoms with Crippen LogP contribution >= 0.6 is 0 Å². The summed E-state index contributed by atoms with van der Waals surface area (Å²) in [4.78, 5) is 26.7. The lowest BCUT2D eigenvalue weighted by molar-refractivity contribution is -0.0163. The number of hydrogen-bond donors (Lipinski definition) is 0. The third kappa shape index (κ3) is 4.68. The van der Waals surface area contributed by atoms with Gasteiger partial charge in [-0.15, -0.1) is 0 Å². The molecule has 0 heterocycles. The topological polar surface area (TPSA) is 55.8 Å². The van der Waals surface area contributed by atoms with E-state index in [0.29, 0.717) is 5.56 Å². The molecule has 1 aromatic rings. The first-order valence-electron chi connectivity index (χ1n) is 10.2. The van der Waals surface area contributed by atoms with Crippen LogP contribution in [0.3, 0.4) is 0 Å². The summed E-state index contributed by atoms with van der Waals surface area (Å²) in [7, 11) is 1.38. The Bertz CT molecular complexity index is 710. The summed E-state index contributed by atoms with van der Waals surface area (Å²) in [6, 6.07) is 5.69. The molecule has 5 nitrogen and oxygen atoms in total. The van der Waals surface area contributed by atoms with Gasteiger partial charge in [0.25, 0.3) is 0 Å². The minimum atomic E-state index is -0.347. The predicted octanol–water partition coefficient (Wildman–Crippen LogP) is 5.38. The molecule has 0 spiro atoms. The average Bonchev–Trinajstić information content (AvgIpc) is 2.58. The van der Waals surface area contributed by atoms with E-state index in [1.54, 1.807) is 11.0 Å². The molecule has 1 amide bonds. The van der Waals surface area contributed by atoms with Crippen LogP contribution in [0.15, 0.2) is 18.2 Å². The van der Waals surface area contributed by atoms with Crippen molar-refractivity contribution in [2.75, 3.05) is 7.11 Å². The molecule has 1 aliphatic rings. The van der Waals surface area contributed by atoms with Gasteiger partial charge in [-0.25, -0.2) is 9.59 Å². The Morgan fingerprint density at radius 1 is 1.11 bits per heavy atom. The highest BCUT2D eigenvalue weighted by atomic mass is 16.6. The number of rotatable bonds is 4. The van der Waals surface area contributed by atoms with Gasteiger partial charge in [0.2, 0.25) is 0 Å². The smallest absolute Gasteiger partial charge is 0.410 e. The first-order valence-corrected chi connectivity index (χ1v) is 10.2. The van der Waals surface area contributed by atoms with Gasteiger partial charge in [-0.3, -0.25) is 0 Å². The first-order chi connectivity index (χ1) is 13.0. The monoisotopic (exact) mass is 389 g/mol. The summed E-state index contributed by atoms with van der Waals surface area (Å²) in [5.74, 6) is -0.144. The van der Waals surface area contributed by atoms with Gasteiger partial charge in [-0.1, -0.05) is 26.8 Å². The van der Waals surface area contributed by atoms with Crippen LogP contribution in [0.5, 0.6) is 0 Å². The Morgan fingerprint density at radius 3 is 2.21 bits per heavy atom. The van der Waals surface area contributed by atoms with Gasteiger partial charge < -0.3 is 14.4 Å². The zero-order chi connectivity index (χ0) is 21.2. The van der Waals surface area contributed by atoms with E-state index in [1.165, 1.54) is 7.11 Å². The molecule has 156 valence electrons. The SMILES string of the molecule is COC(=O)c1ccc2c(c1)CC[C@H](C(C)(C)C)[C@@H]2OC(=O)N(C(C)C)C(C)C. The van der Waals surface area contributed by atoms with Gasteiger partial charge in [0, 0.05) is 18.0 Å². The molecule has 28 heavy (non-hydrogen) atoms. The van der Waals surface area contributed by atoms with Crippen molar-refractivity contribution in [1.29, 1.82) is 0 Å². The van der Waals surface area contributed by atoms with Crippen LogP contribution in [0.4, 0.5) is 4.79 Å². The Kier molecular flexibility index (Phi) is 6.79. The summed E-state index contributed by atoms with van der Waals surface area (Å²) in [6.07, 6.45) is 1.15. The van der Waals surface area contributed by atoms with E-state index in [4.69, 9.17) is 9.47 Å². The van der Waals surface area contributed by atoms with Crippen LogP contribution < -0.4 is 0 Å². The molecule has 0 unspecified atom stereocenters. The largest absolute Gasteiger partial charge is 0.465 e. The second-order valence-electron chi connectivity index (χ2n) is 9.32. The van der Waals surface area contributed by atoms with Crippen molar-refractivity contribution in [3.63, 3.8) is 0 Å². The van der Waals surface area contributed by atoms with E-state index >= 15 is 0 Å². The van der Waals surface area contributed by atoms with Crippen LogP contribution in [0, 0.1) is 11.3 Å². The summed E-state index contributed by atoms with van der Waals surface area (Å²) < 4.78 is 11.0. The van der Waals surface area contributed by atoms with Gasteiger partial charge in [-0.05, 0) is 69.2 Å². The number of hydrogen-bond acceptors (Lipinski definition) is 4. The second-order valence-corrected chi connectivity index (χ2v) is 9.32. The highest BCUT2D eigenvalue weighted by molar-refractivity contribution is 5.89. The maximum Gasteiger partial charge on any atom is 0.410 e. The number of carbonyl (C=O) groups excluding carboxylic acids is 2. The van der Waals surface area contributed by atoms with Gasteiger partial charge in [0.05, 0.1) is 12.7 Å². The predicted molar refractivity (Wildman–Crippen MR) is 110 cm³/mol. The maximum absolute atomic E-state index is 13.0. The Labute approximate surface area is 169 Å². The Balaban J connectivity index is 2.42. The average molecular weight is 390 g/mol. The highest BCUT2D eigenvalue weighted by Gasteiger charge is 2.40. The van der Waals surface area contributed by atoms with E-state index in [9.17, 15) is 9.59 Å². The van der Waals surface area contributed by atoms with Crippen LogP contribution in [0.1, 0.15) is 82.5 Å². The summed E-state index contributed by atoms with van der Waals surface area (Å²) in [6.45, 7) is 14.6. The van der Waals surface area contributed by atoms with Gasteiger partial charge in [0.15, 0.2) is 0 Å². The zero-order valence-corrected chi connectivity index (χ0v) is 18.5. The zero-order valence-electron chi connectivity index (χ0n) is 18.5. The van der Waals surface area contributed by atoms with Crippen LogP contribution in [-0.2, 0) is 15.9 Å². The second kappa shape index (κ2) is 8.54. The molecule has 1 aromatic carbocycles. The number of benzene rings is 1. The van der Waals surface area contributed by atoms with Crippen LogP contribution in [-0.4, -0.2) is 36.2 Å². The quantitative estimate of drug-likeness (QED) is 0.649. The van der Waals surface area contributed by atoms with Crippen molar-refractivity contribution >= 4 is 12.1 Å². The van der Waals surface area contributed by atoms with E-state index in [-0.39, 0.29) is 41.6 Å². The summed E-state index contributed by atoms with van der Waals surface area (Å²) >= 11 is 0. The molecule has 0 fully saturated rings. The minimum absolute atomic E-state index is 0.00977. The number of fused-ring (bicyclic) bond motifs is 1. The first kappa shape index (κ1) is 22.3. The van der Waals surface area contributed by atoms with Crippen molar-refractivity contribution in [1.82, 2.24) is 4.90 Å². The third-order valence-electron chi connectivity index (χ3n) is 5.62. The molecule has 2 atom stereocenters. The fourth-order valence-electron chi connectivity index (χ4n) is 4.24. The van der Waals surface area contributed by atoms with E-state index in [0.717, 1.165) is 24.0 Å². The molecule has 0 radical (unpaired) electrons. The Hall–Kier alpha value is -2.04. The van der Waals surface area contributed by atoms with Gasteiger partial charge in [-0.2, -0.15) is 0 Å². The van der Waals surface area contributed by atoms with Gasteiger partial charge in [0.1, 0.15) is 6.10 Å². The number of methoxy groups -OCH3 is 1. The molecular weight excluding hydrogens is 354 g/mol. The summed E-state index contributed by atoms with van der Waals surface area (Å²) in [5, 5.41) is 0. The molecule has 0 saturated carbocycles. The van der Waals surface area contributed by atoms with Gasteiger partial charge >= 0.3 is 12.1 Å². The van der Waals surface area contributed by atoms with Crippen molar-refractivity contribution in [2.24, 2.45) is 11.3 Å². The van der Waals surface area contributed by atoms with E-state index in [1.807, 2.05) is 39.8 Å². The molecule has 0 bridgehead atoms. The molecule has 0 saturated heterocycles. The van der Waals surface area contributed by atoms with Crippen molar-refractivity contribution < 1.29 is 19.1 Å². The number of ether oxygens (including phenoxy) is 2. The Morgan fingerprint density at radius 2 is 1.71 bits per heavy atom. The van der Waals surface area contributed by atoms with Crippen molar-refractivity contribution in [2.45, 2.75) is 79.5 Å². The molecular formula is C23H35NO4. The standard InChI is InChI=1S/C23H35NO4/c1-14(2)24(15(3)4)22(26)28-20-18-11-9-17(21(25)27-8)13-16(18)10-12-19(20)23(5,6)7/h9,11,13-15,19-20H,10,12H2,1-8H3/t19-,20+/m0/s1. The number of aryl methyl sites for hydroxylation is 1. The lowest BCUT2D eigenvalue weighted by Gasteiger charge is -2.42. The molecule has 5 heteroatoms. The lowest BCUT2D eigenvalue weighted by atomic mass is 9.68. The lowest BCUT2D eigenvalue weighted by Crippen LogP contribution is -2.44. The third-order valence-corrected chi connectivity index (χ3v) is 5.62. The van der Waals surface area contributed by atoms with Crippen LogP contribution in [0.25, 0.3) is 0 Å². The number of esters is 1. The number of amides is 1. The number of carbonyl (C=O) groups is 2. The van der Waals surface area contributed by atoms with E-state index in [2.05, 4.69) is 20.8 Å². The van der Waals surface area contributed by atoms with E-state index < -0.39 is 0 Å². The van der Waals surface area contributed by atoms with Crippen molar-refractivity contribution in [3.8, 4) is 0 Å². The molecule has 0 N–H and O–H groups in total. The fourth-order valence-corrected chi connectivity index (χ4v) is 4.24.